The summed E-state index contributed by atoms with van der Waals surface area (Å²) < 4.78 is 6.17. The second kappa shape index (κ2) is 8.10. The number of aromatic amines is 1. The Bertz CT molecular complexity index is 876. The number of aromatic nitrogens is 1. The van der Waals surface area contributed by atoms with Gasteiger partial charge in [0, 0.05) is 6.20 Å². The van der Waals surface area contributed by atoms with Gasteiger partial charge >= 0.3 is 0 Å². The predicted molar refractivity (Wildman–Crippen MR) is 114 cm³/mol. The highest BCUT2D eigenvalue weighted by molar-refractivity contribution is 5.94. The number of hydrogen-bond acceptors (Lipinski definition) is 2. The van der Waals surface area contributed by atoms with Crippen LogP contribution in [0.2, 0.25) is 0 Å². The number of carbonyl (C=O) groups excluding carboxylic acids is 1. The molecule has 5 nitrogen and oxygen atoms in total. The SMILES string of the molecule is [C-]#[N+]c1c[nH]c(NC(=O)C(CC)Oc2ccc(C(C)(C)C)cc2C(C)(C)C)c1. The lowest BCUT2D eigenvalue weighted by molar-refractivity contribution is -0.122. The van der Waals surface area contributed by atoms with Gasteiger partial charge in [-0.25, -0.2) is 4.85 Å². The van der Waals surface area contributed by atoms with Crippen LogP contribution in [0.25, 0.3) is 4.85 Å². The van der Waals surface area contributed by atoms with Gasteiger partial charge in [-0.05, 0) is 40.5 Å². The van der Waals surface area contributed by atoms with E-state index in [2.05, 4.69) is 68.8 Å². The third-order valence-corrected chi connectivity index (χ3v) is 4.64. The Kier molecular flexibility index (Phi) is 6.23. The molecular formula is C23H31N3O2. The molecular weight excluding hydrogens is 350 g/mol. The summed E-state index contributed by atoms with van der Waals surface area (Å²) in [5.74, 6) is 0.994. The van der Waals surface area contributed by atoms with Gasteiger partial charge in [0.15, 0.2) is 6.10 Å². The molecule has 2 rings (SSSR count). The number of nitrogens with one attached hydrogen (secondary N) is 2. The summed E-state index contributed by atoms with van der Waals surface area (Å²) in [6.07, 6.45) is 1.47. The number of nitrogens with zero attached hydrogens (tertiary/aromatic N) is 1. The van der Waals surface area contributed by atoms with E-state index in [1.54, 1.807) is 12.3 Å². The molecule has 0 saturated carbocycles. The van der Waals surface area contributed by atoms with Crippen LogP contribution in [0.3, 0.4) is 0 Å². The Balaban J connectivity index is 2.28. The molecule has 2 aromatic rings. The number of hydrogen-bond donors (Lipinski definition) is 2. The highest BCUT2D eigenvalue weighted by Crippen LogP contribution is 2.36. The van der Waals surface area contributed by atoms with Crippen molar-refractivity contribution in [3.63, 3.8) is 0 Å². The van der Waals surface area contributed by atoms with Gasteiger partial charge in [0.25, 0.3) is 5.91 Å². The fraction of sp³-hybridized carbons (Fsp3) is 0.478. The molecule has 28 heavy (non-hydrogen) atoms. The van der Waals surface area contributed by atoms with E-state index in [0.29, 0.717) is 17.9 Å². The number of H-pyrrole nitrogens is 1. The molecule has 0 bridgehead atoms. The highest BCUT2D eigenvalue weighted by Gasteiger charge is 2.26. The maximum atomic E-state index is 12.7. The summed E-state index contributed by atoms with van der Waals surface area (Å²) in [6, 6.07) is 7.84. The normalized spacial score (nSPS) is 12.9. The third-order valence-electron chi connectivity index (χ3n) is 4.64. The van der Waals surface area contributed by atoms with E-state index in [1.807, 2.05) is 13.0 Å². The van der Waals surface area contributed by atoms with Crippen molar-refractivity contribution in [3.05, 3.63) is 53.0 Å². The molecule has 1 heterocycles. The van der Waals surface area contributed by atoms with Crippen LogP contribution >= 0.6 is 0 Å². The standard InChI is InChI=1S/C23H31N3O2/c1-9-18(21(27)26-20-13-16(24-8)14-25-20)28-19-11-10-15(22(2,3)4)12-17(19)23(5,6)7/h10-14,18,25H,9H2,1-7H3,(H,26,27). The van der Waals surface area contributed by atoms with Crippen LogP contribution in [0.4, 0.5) is 11.5 Å². The van der Waals surface area contributed by atoms with Gasteiger partial charge in [0.05, 0.1) is 12.4 Å². The van der Waals surface area contributed by atoms with Crippen LogP contribution in [0.1, 0.15) is 66.0 Å². The monoisotopic (exact) mass is 381 g/mol. The van der Waals surface area contributed by atoms with Gasteiger partial charge in [0.1, 0.15) is 5.75 Å². The quantitative estimate of drug-likeness (QED) is 0.628. The van der Waals surface area contributed by atoms with Crippen LogP contribution < -0.4 is 10.1 Å². The molecule has 1 aromatic carbocycles. The van der Waals surface area contributed by atoms with Crippen LogP contribution in [0, 0.1) is 6.57 Å². The fourth-order valence-corrected chi connectivity index (χ4v) is 2.89. The Morgan fingerprint density at radius 3 is 2.36 bits per heavy atom. The Labute approximate surface area is 168 Å². The predicted octanol–water partition coefficient (Wildman–Crippen LogP) is 5.96. The zero-order chi connectivity index (χ0) is 21.1. The average Bonchev–Trinajstić information content (AvgIpc) is 3.05. The van der Waals surface area contributed by atoms with Crippen molar-refractivity contribution in [3.8, 4) is 5.75 Å². The molecule has 0 saturated heterocycles. The summed E-state index contributed by atoms with van der Waals surface area (Å²) in [5, 5.41) is 2.80. The van der Waals surface area contributed by atoms with Crippen molar-refractivity contribution in [2.75, 3.05) is 5.32 Å². The van der Waals surface area contributed by atoms with Crippen LogP contribution in [0.5, 0.6) is 5.75 Å². The second-order valence-electron chi connectivity index (χ2n) is 9.10. The van der Waals surface area contributed by atoms with E-state index in [9.17, 15) is 4.79 Å². The van der Waals surface area contributed by atoms with E-state index >= 15 is 0 Å². The van der Waals surface area contributed by atoms with Crippen LogP contribution in [-0.2, 0) is 15.6 Å². The number of rotatable bonds is 5. The minimum Gasteiger partial charge on any atom is -0.480 e. The molecule has 5 heteroatoms. The largest absolute Gasteiger partial charge is 0.480 e. The maximum absolute atomic E-state index is 12.7. The van der Waals surface area contributed by atoms with Crippen molar-refractivity contribution in [2.45, 2.75) is 71.8 Å². The lowest BCUT2D eigenvalue weighted by Gasteiger charge is -2.28. The van der Waals surface area contributed by atoms with Gasteiger partial charge in [0.2, 0.25) is 5.69 Å². The van der Waals surface area contributed by atoms with E-state index in [1.165, 1.54) is 5.56 Å². The van der Waals surface area contributed by atoms with E-state index in [-0.39, 0.29) is 16.7 Å². The van der Waals surface area contributed by atoms with Crippen molar-refractivity contribution < 1.29 is 9.53 Å². The molecule has 1 aromatic heterocycles. The molecule has 0 aliphatic carbocycles. The molecule has 150 valence electrons. The molecule has 0 spiro atoms. The van der Waals surface area contributed by atoms with E-state index < -0.39 is 6.10 Å². The molecule has 0 aliphatic heterocycles. The van der Waals surface area contributed by atoms with E-state index in [0.717, 1.165) is 11.3 Å². The first-order valence-corrected chi connectivity index (χ1v) is 9.64. The summed E-state index contributed by atoms with van der Waals surface area (Å²) in [4.78, 5) is 18.9. The van der Waals surface area contributed by atoms with Gasteiger partial charge in [-0.2, -0.15) is 0 Å². The maximum Gasteiger partial charge on any atom is 0.266 e. The number of ether oxygens (including phenoxy) is 1. The number of amides is 1. The zero-order valence-corrected chi connectivity index (χ0v) is 17.9. The lowest BCUT2D eigenvalue weighted by Crippen LogP contribution is -2.33. The highest BCUT2D eigenvalue weighted by atomic mass is 16.5. The first-order chi connectivity index (χ1) is 13.0. The fourth-order valence-electron chi connectivity index (χ4n) is 2.89. The van der Waals surface area contributed by atoms with Gasteiger partial charge in [-0.1, -0.05) is 60.6 Å². The molecule has 1 unspecified atom stereocenters. The first kappa shape index (κ1) is 21.6. The molecule has 1 amide bonds. The smallest absolute Gasteiger partial charge is 0.266 e. The summed E-state index contributed by atoms with van der Waals surface area (Å²) in [7, 11) is 0. The van der Waals surface area contributed by atoms with Crippen LogP contribution in [0.15, 0.2) is 30.5 Å². The first-order valence-electron chi connectivity index (χ1n) is 9.64. The Hall–Kier alpha value is -2.74. The zero-order valence-electron chi connectivity index (χ0n) is 17.9. The minimum absolute atomic E-state index is 0.0360. The van der Waals surface area contributed by atoms with E-state index in [4.69, 9.17) is 11.3 Å². The average molecular weight is 382 g/mol. The van der Waals surface area contributed by atoms with Crippen molar-refractivity contribution in [2.24, 2.45) is 0 Å². The van der Waals surface area contributed by atoms with Crippen molar-refractivity contribution in [1.29, 1.82) is 0 Å². The summed E-state index contributed by atoms with van der Waals surface area (Å²) >= 11 is 0. The van der Waals surface area contributed by atoms with Gasteiger partial charge in [-0.15, -0.1) is 0 Å². The molecule has 0 radical (unpaired) electrons. The number of benzene rings is 1. The Morgan fingerprint density at radius 1 is 1.18 bits per heavy atom. The van der Waals surface area contributed by atoms with Crippen LogP contribution in [-0.4, -0.2) is 17.0 Å². The van der Waals surface area contributed by atoms with Crippen molar-refractivity contribution >= 4 is 17.4 Å². The number of carbonyl (C=O) groups is 1. The lowest BCUT2D eigenvalue weighted by atomic mass is 9.80. The topological polar surface area (TPSA) is 58.5 Å². The second-order valence-corrected chi connectivity index (χ2v) is 9.10. The molecule has 1 atom stereocenters. The molecule has 0 aliphatic rings. The summed E-state index contributed by atoms with van der Waals surface area (Å²) in [5.41, 5.74) is 2.70. The van der Waals surface area contributed by atoms with Gasteiger partial charge in [-0.3, -0.25) is 4.79 Å². The molecule has 0 fully saturated rings. The number of anilines is 1. The molecule has 2 N–H and O–H groups in total. The van der Waals surface area contributed by atoms with Crippen molar-refractivity contribution in [1.82, 2.24) is 4.98 Å². The summed E-state index contributed by atoms with van der Waals surface area (Å²) in [6.45, 7) is 21.9. The Morgan fingerprint density at radius 2 is 1.86 bits per heavy atom. The van der Waals surface area contributed by atoms with Gasteiger partial charge < -0.3 is 15.0 Å². The minimum atomic E-state index is -0.624. The third kappa shape index (κ3) is 5.16.